The Kier molecular flexibility index (Phi) is 6.68. The van der Waals surface area contributed by atoms with Gasteiger partial charge in [-0.15, -0.1) is 0 Å². The maximum Gasteiger partial charge on any atom is 0.145 e. The zero-order valence-corrected chi connectivity index (χ0v) is 19.0. The first-order chi connectivity index (χ1) is 16.2. The number of hydrogen-bond acceptors (Lipinski definition) is 4. The zero-order valence-electron chi connectivity index (χ0n) is 19.0. The van der Waals surface area contributed by atoms with Gasteiger partial charge in [-0.25, -0.2) is 4.39 Å². The molecule has 1 aliphatic carbocycles. The molecule has 2 aromatic heterocycles. The Morgan fingerprint density at radius 2 is 2.06 bits per heavy atom. The Hall–Kier alpha value is -2.79. The summed E-state index contributed by atoms with van der Waals surface area (Å²) in [7, 11) is 0. The first-order valence-electron chi connectivity index (χ1n) is 12.2. The summed E-state index contributed by atoms with van der Waals surface area (Å²) in [4.78, 5) is 20.3. The van der Waals surface area contributed by atoms with Crippen LogP contribution in [-0.2, 0) is 4.79 Å². The van der Waals surface area contributed by atoms with Gasteiger partial charge in [0.05, 0.1) is 17.9 Å². The Balaban J connectivity index is 1.27. The lowest BCUT2D eigenvalue weighted by Gasteiger charge is -2.29. The smallest absolute Gasteiger partial charge is 0.145 e. The van der Waals surface area contributed by atoms with Gasteiger partial charge in [-0.3, -0.25) is 14.7 Å². The minimum absolute atomic E-state index is 0.134. The van der Waals surface area contributed by atoms with Gasteiger partial charge < -0.3 is 4.42 Å². The summed E-state index contributed by atoms with van der Waals surface area (Å²) in [5.74, 6) is 0.191. The van der Waals surface area contributed by atoms with Crippen LogP contribution < -0.4 is 0 Å². The number of aromatic nitrogens is 1. The molecule has 5 rings (SSSR count). The predicted octanol–water partition coefficient (Wildman–Crippen LogP) is 6.38. The molecule has 0 spiro atoms. The van der Waals surface area contributed by atoms with Crippen LogP contribution in [0.15, 0.2) is 59.4 Å². The number of fused-ring (bicyclic) bond motifs is 1. The number of rotatable bonds is 7. The molecule has 0 saturated heterocycles. The third-order valence-electron chi connectivity index (χ3n) is 7.28. The highest BCUT2D eigenvalue weighted by atomic mass is 19.1. The second-order valence-electron chi connectivity index (χ2n) is 9.41. The Bertz CT molecular complexity index is 1130. The van der Waals surface area contributed by atoms with Crippen molar-refractivity contribution in [3.63, 3.8) is 0 Å². The average Bonchev–Trinajstić information content (AvgIpc) is 3.33. The Morgan fingerprint density at radius 1 is 1.18 bits per heavy atom. The average molecular weight is 447 g/mol. The topological polar surface area (TPSA) is 46.3 Å². The number of pyridine rings is 1. The summed E-state index contributed by atoms with van der Waals surface area (Å²) in [5.41, 5.74) is 3.64. The number of benzene rings is 1. The lowest BCUT2D eigenvalue weighted by molar-refractivity contribution is -0.125. The maximum atomic E-state index is 14.1. The van der Waals surface area contributed by atoms with Crippen molar-refractivity contribution in [2.24, 2.45) is 5.92 Å². The van der Waals surface area contributed by atoms with Crippen molar-refractivity contribution in [1.82, 2.24) is 9.88 Å². The van der Waals surface area contributed by atoms with E-state index in [1.807, 2.05) is 18.2 Å². The monoisotopic (exact) mass is 446 g/mol. The summed E-state index contributed by atoms with van der Waals surface area (Å²) in [6.45, 7) is 2.53. The van der Waals surface area contributed by atoms with E-state index in [1.54, 1.807) is 24.6 Å². The third kappa shape index (κ3) is 4.93. The quantitative estimate of drug-likeness (QED) is 0.422. The lowest BCUT2D eigenvalue weighted by Crippen LogP contribution is -2.33. The molecule has 5 heteroatoms. The van der Waals surface area contributed by atoms with E-state index in [1.165, 1.54) is 12.5 Å². The molecular formula is C28H31FN2O2. The van der Waals surface area contributed by atoms with E-state index in [2.05, 4.69) is 16.0 Å². The Labute approximate surface area is 194 Å². The van der Waals surface area contributed by atoms with Crippen LogP contribution in [-0.4, -0.2) is 35.3 Å². The van der Waals surface area contributed by atoms with Crippen molar-refractivity contribution in [2.75, 3.05) is 19.6 Å². The molecule has 0 radical (unpaired) electrons. The fourth-order valence-electron chi connectivity index (χ4n) is 5.44. The number of Topliss-reactive ketones (excluding diaryl/α,β-unsaturated/α-hetero) is 1. The van der Waals surface area contributed by atoms with Crippen LogP contribution in [0.4, 0.5) is 4.39 Å². The molecule has 1 aliphatic heterocycles. The number of hydrogen-bond donors (Lipinski definition) is 0. The van der Waals surface area contributed by atoms with Crippen LogP contribution in [0.25, 0.3) is 16.5 Å². The van der Waals surface area contributed by atoms with Gasteiger partial charge in [0, 0.05) is 36.2 Å². The lowest BCUT2D eigenvalue weighted by atomic mass is 9.79. The van der Waals surface area contributed by atoms with E-state index >= 15 is 0 Å². The van der Waals surface area contributed by atoms with Crippen molar-refractivity contribution in [3.05, 3.63) is 72.0 Å². The maximum absolute atomic E-state index is 14.1. The standard InChI is InChI=1S/C28H31FN2O2/c29-23-18-22-12-17-33-28(22)25(19-23)20-9-14-31(15-10-20)16-11-24(26-8-4-5-13-30-26)27(32)21-6-2-1-3-7-21/h4-5,8-9,12-13,17-19,21,24H,1-3,6-7,10-11,14-16H2. The van der Waals surface area contributed by atoms with Crippen molar-refractivity contribution >= 4 is 22.3 Å². The van der Waals surface area contributed by atoms with Gasteiger partial charge in [-0.2, -0.15) is 0 Å². The highest BCUT2D eigenvalue weighted by Gasteiger charge is 2.30. The molecule has 1 unspecified atom stereocenters. The summed E-state index contributed by atoms with van der Waals surface area (Å²) in [6.07, 6.45) is 12.8. The van der Waals surface area contributed by atoms with Crippen LogP contribution in [0.5, 0.6) is 0 Å². The van der Waals surface area contributed by atoms with Gasteiger partial charge in [0.15, 0.2) is 0 Å². The number of halogens is 1. The number of carbonyl (C=O) groups is 1. The van der Waals surface area contributed by atoms with E-state index in [9.17, 15) is 9.18 Å². The van der Waals surface area contributed by atoms with Gasteiger partial charge in [0.25, 0.3) is 0 Å². The summed E-state index contributed by atoms with van der Waals surface area (Å²) < 4.78 is 19.7. The number of ketones is 1. The molecule has 3 aromatic rings. The van der Waals surface area contributed by atoms with Crippen molar-refractivity contribution < 1.29 is 13.6 Å². The molecule has 0 amide bonds. The first kappa shape index (κ1) is 22.0. The molecule has 0 N–H and O–H groups in total. The van der Waals surface area contributed by atoms with Gasteiger partial charge in [-0.05, 0) is 68.1 Å². The second-order valence-corrected chi connectivity index (χ2v) is 9.41. The summed E-state index contributed by atoms with van der Waals surface area (Å²) in [6, 6.07) is 10.8. The largest absolute Gasteiger partial charge is 0.464 e. The fourth-order valence-corrected chi connectivity index (χ4v) is 5.44. The second kappa shape index (κ2) is 10.0. The van der Waals surface area contributed by atoms with Crippen LogP contribution >= 0.6 is 0 Å². The van der Waals surface area contributed by atoms with Crippen molar-refractivity contribution in [3.8, 4) is 0 Å². The van der Waals surface area contributed by atoms with Gasteiger partial charge in [-0.1, -0.05) is 31.4 Å². The molecule has 172 valence electrons. The fraction of sp³-hybridized carbons (Fsp3) is 0.429. The van der Waals surface area contributed by atoms with Crippen LogP contribution in [0.3, 0.4) is 0 Å². The third-order valence-corrected chi connectivity index (χ3v) is 7.28. The van der Waals surface area contributed by atoms with Crippen molar-refractivity contribution in [2.45, 2.75) is 50.9 Å². The molecule has 1 saturated carbocycles. The van der Waals surface area contributed by atoms with Crippen LogP contribution in [0, 0.1) is 11.7 Å². The summed E-state index contributed by atoms with van der Waals surface area (Å²) in [5, 5.41) is 0.799. The van der Waals surface area contributed by atoms with E-state index in [-0.39, 0.29) is 17.7 Å². The molecular weight excluding hydrogens is 415 g/mol. The van der Waals surface area contributed by atoms with Gasteiger partial charge in [0.2, 0.25) is 0 Å². The highest BCUT2D eigenvalue weighted by Crippen LogP contribution is 2.33. The molecule has 33 heavy (non-hydrogen) atoms. The van der Waals surface area contributed by atoms with Crippen LogP contribution in [0.2, 0.25) is 0 Å². The first-order valence-corrected chi connectivity index (χ1v) is 12.2. The molecule has 3 heterocycles. The predicted molar refractivity (Wildman–Crippen MR) is 128 cm³/mol. The normalized spacial score (nSPS) is 18.9. The molecule has 1 fully saturated rings. The summed E-state index contributed by atoms with van der Waals surface area (Å²) >= 11 is 0. The SMILES string of the molecule is O=C(C1CCCCC1)C(CCN1CC=C(c2cc(F)cc3ccoc23)CC1)c1ccccn1. The van der Waals surface area contributed by atoms with Gasteiger partial charge in [0.1, 0.15) is 17.2 Å². The van der Waals surface area contributed by atoms with E-state index in [0.717, 1.165) is 86.0 Å². The molecule has 1 aromatic carbocycles. The van der Waals surface area contributed by atoms with Crippen LogP contribution in [0.1, 0.15) is 62.1 Å². The zero-order chi connectivity index (χ0) is 22.6. The Morgan fingerprint density at radius 3 is 2.82 bits per heavy atom. The molecule has 4 nitrogen and oxygen atoms in total. The van der Waals surface area contributed by atoms with E-state index in [4.69, 9.17) is 4.42 Å². The molecule has 0 bridgehead atoms. The van der Waals surface area contributed by atoms with Gasteiger partial charge >= 0.3 is 0 Å². The van der Waals surface area contributed by atoms with E-state index in [0.29, 0.717) is 5.78 Å². The number of carbonyl (C=O) groups excluding carboxylic acids is 1. The number of furan rings is 1. The van der Waals surface area contributed by atoms with Crippen molar-refractivity contribution in [1.29, 1.82) is 0 Å². The van der Waals surface area contributed by atoms with E-state index < -0.39 is 0 Å². The minimum atomic E-state index is -0.235. The minimum Gasteiger partial charge on any atom is -0.464 e. The molecule has 2 aliphatic rings. The number of nitrogens with zero attached hydrogens (tertiary/aromatic N) is 2. The highest BCUT2D eigenvalue weighted by molar-refractivity contribution is 5.90. The molecule has 1 atom stereocenters.